The van der Waals surface area contributed by atoms with Crippen molar-refractivity contribution in [3.05, 3.63) is 52.6 Å². The van der Waals surface area contributed by atoms with E-state index in [1.807, 2.05) is 0 Å². The smallest absolute Gasteiger partial charge is 0.200 e. The fraction of sp³-hybridized carbons (Fsp3) is 0.182. The highest BCUT2D eigenvalue weighted by Crippen LogP contribution is 2.29. The van der Waals surface area contributed by atoms with Gasteiger partial charge in [-0.15, -0.1) is 0 Å². The van der Waals surface area contributed by atoms with Gasteiger partial charge in [-0.1, -0.05) is 0 Å². The van der Waals surface area contributed by atoms with Crippen molar-refractivity contribution in [1.82, 2.24) is 9.78 Å². The SMILES string of the molecule is Cn1cc(C(N)c2c(F)c(F)c(F)c(F)c2F)cn1. The predicted octanol–water partition coefficient (Wildman–Crippen LogP) is 2.16. The Balaban J connectivity index is 2.63. The molecule has 102 valence electrons. The van der Waals surface area contributed by atoms with E-state index in [0.717, 1.165) is 0 Å². The van der Waals surface area contributed by atoms with E-state index in [2.05, 4.69) is 5.10 Å². The maximum atomic E-state index is 13.5. The first kappa shape index (κ1) is 13.5. The van der Waals surface area contributed by atoms with Gasteiger partial charge in [-0.25, -0.2) is 22.0 Å². The molecule has 1 atom stereocenters. The quantitative estimate of drug-likeness (QED) is 0.519. The fourth-order valence-corrected chi connectivity index (χ4v) is 1.66. The highest BCUT2D eigenvalue weighted by atomic mass is 19.2. The van der Waals surface area contributed by atoms with Gasteiger partial charge < -0.3 is 5.73 Å². The van der Waals surface area contributed by atoms with E-state index in [-0.39, 0.29) is 5.56 Å². The highest BCUT2D eigenvalue weighted by molar-refractivity contribution is 5.33. The second-order valence-corrected chi connectivity index (χ2v) is 3.91. The number of nitrogens with zero attached hydrogens (tertiary/aromatic N) is 2. The first-order valence-electron chi connectivity index (χ1n) is 5.10. The van der Waals surface area contributed by atoms with Gasteiger partial charge >= 0.3 is 0 Å². The number of aromatic nitrogens is 2. The molecule has 0 saturated carbocycles. The van der Waals surface area contributed by atoms with Crippen LogP contribution in [-0.4, -0.2) is 9.78 Å². The van der Waals surface area contributed by atoms with Gasteiger partial charge in [0, 0.05) is 18.8 Å². The zero-order chi connectivity index (χ0) is 14.3. The Morgan fingerprint density at radius 2 is 1.47 bits per heavy atom. The molecule has 1 aromatic carbocycles. The monoisotopic (exact) mass is 277 g/mol. The molecule has 1 aromatic heterocycles. The lowest BCUT2D eigenvalue weighted by atomic mass is 10.0. The molecule has 1 heterocycles. The minimum atomic E-state index is -2.21. The Labute approximate surface area is 104 Å². The number of hydrogen-bond donors (Lipinski definition) is 1. The Bertz CT molecular complexity index is 608. The van der Waals surface area contributed by atoms with Crippen molar-refractivity contribution < 1.29 is 22.0 Å². The van der Waals surface area contributed by atoms with E-state index in [0.29, 0.717) is 0 Å². The molecule has 1 unspecified atom stereocenters. The number of aryl methyl sites for hydroxylation is 1. The molecule has 3 nitrogen and oxygen atoms in total. The Hall–Kier alpha value is -1.96. The van der Waals surface area contributed by atoms with Crippen LogP contribution in [0.4, 0.5) is 22.0 Å². The van der Waals surface area contributed by atoms with E-state index in [4.69, 9.17) is 5.73 Å². The largest absolute Gasteiger partial charge is 0.320 e. The normalized spacial score (nSPS) is 12.8. The molecule has 8 heteroatoms. The average molecular weight is 277 g/mol. The second kappa shape index (κ2) is 4.61. The number of nitrogens with two attached hydrogens (primary N) is 1. The van der Waals surface area contributed by atoms with Crippen LogP contribution in [0.25, 0.3) is 0 Å². The van der Waals surface area contributed by atoms with Crippen molar-refractivity contribution in [3.63, 3.8) is 0 Å². The minimum Gasteiger partial charge on any atom is -0.320 e. The van der Waals surface area contributed by atoms with Crippen LogP contribution in [0.3, 0.4) is 0 Å². The van der Waals surface area contributed by atoms with Gasteiger partial charge in [0.2, 0.25) is 5.82 Å². The third-order valence-corrected chi connectivity index (χ3v) is 2.64. The van der Waals surface area contributed by atoms with Crippen LogP contribution < -0.4 is 5.73 Å². The van der Waals surface area contributed by atoms with Crippen LogP contribution in [0.15, 0.2) is 12.4 Å². The van der Waals surface area contributed by atoms with Crippen LogP contribution in [0.1, 0.15) is 17.2 Å². The van der Waals surface area contributed by atoms with E-state index < -0.39 is 40.7 Å². The van der Waals surface area contributed by atoms with E-state index in [9.17, 15) is 22.0 Å². The lowest BCUT2D eigenvalue weighted by molar-refractivity contribution is 0.367. The molecule has 0 spiro atoms. The molecular weight excluding hydrogens is 269 g/mol. The van der Waals surface area contributed by atoms with E-state index in [1.54, 1.807) is 0 Å². The Morgan fingerprint density at radius 1 is 1.00 bits per heavy atom. The summed E-state index contributed by atoms with van der Waals surface area (Å²) in [5, 5.41) is 3.72. The summed E-state index contributed by atoms with van der Waals surface area (Å²) in [6, 6.07) is -1.50. The molecule has 2 aromatic rings. The predicted molar refractivity (Wildman–Crippen MR) is 55.5 cm³/mol. The topological polar surface area (TPSA) is 43.8 Å². The van der Waals surface area contributed by atoms with Crippen LogP contribution in [0, 0.1) is 29.1 Å². The molecule has 0 radical (unpaired) electrons. The molecule has 0 aliphatic rings. The van der Waals surface area contributed by atoms with Crippen molar-refractivity contribution in [3.8, 4) is 0 Å². The molecule has 0 saturated heterocycles. The highest BCUT2D eigenvalue weighted by Gasteiger charge is 2.29. The number of hydrogen-bond acceptors (Lipinski definition) is 2. The Morgan fingerprint density at radius 3 is 1.89 bits per heavy atom. The molecule has 0 fully saturated rings. The number of halogens is 5. The number of benzene rings is 1. The molecule has 0 amide bonds. The average Bonchev–Trinajstić information content (AvgIpc) is 2.81. The van der Waals surface area contributed by atoms with E-state index >= 15 is 0 Å². The first-order chi connectivity index (χ1) is 8.84. The van der Waals surface area contributed by atoms with Gasteiger partial charge in [-0.2, -0.15) is 5.10 Å². The van der Waals surface area contributed by atoms with Gasteiger partial charge in [0.25, 0.3) is 0 Å². The molecule has 2 N–H and O–H groups in total. The van der Waals surface area contributed by atoms with Gasteiger partial charge in [-0.05, 0) is 0 Å². The van der Waals surface area contributed by atoms with E-state index in [1.165, 1.54) is 24.1 Å². The fourth-order valence-electron chi connectivity index (χ4n) is 1.66. The molecular formula is C11H8F5N3. The third-order valence-electron chi connectivity index (χ3n) is 2.64. The summed E-state index contributed by atoms with van der Waals surface area (Å²) in [6.45, 7) is 0. The summed E-state index contributed by atoms with van der Waals surface area (Å²) < 4.78 is 67.3. The zero-order valence-corrected chi connectivity index (χ0v) is 9.59. The molecule has 0 aliphatic carbocycles. The zero-order valence-electron chi connectivity index (χ0n) is 9.59. The maximum absolute atomic E-state index is 13.5. The van der Waals surface area contributed by atoms with Crippen molar-refractivity contribution in [2.24, 2.45) is 12.8 Å². The molecule has 2 rings (SSSR count). The van der Waals surface area contributed by atoms with Crippen molar-refractivity contribution in [2.45, 2.75) is 6.04 Å². The third kappa shape index (κ3) is 2.07. The second-order valence-electron chi connectivity index (χ2n) is 3.91. The van der Waals surface area contributed by atoms with Gasteiger partial charge in [0.1, 0.15) is 0 Å². The first-order valence-corrected chi connectivity index (χ1v) is 5.10. The summed E-state index contributed by atoms with van der Waals surface area (Å²) in [5.74, 6) is -10.1. The summed E-state index contributed by atoms with van der Waals surface area (Å²) in [7, 11) is 1.52. The van der Waals surface area contributed by atoms with Crippen LogP contribution >= 0.6 is 0 Å². The summed E-state index contributed by atoms with van der Waals surface area (Å²) in [6.07, 6.45) is 2.51. The summed E-state index contributed by atoms with van der Waals surface area (Å²) in [5.41, 5.74) is 4.58. The van der Waals surface area contributed by atoms with Gasteiger partial charge in [0.05, 0.1) is 17.8 Å². The van der Waals surface area contributed by atoms with Crippen LogP contribution in [-0.2, 0) is 7.05 Å². The van der Waals surface area contributed by atoms with Crippen molar-refractivity contribution in [1.29, 1.82) is 0 Å². The number of rotatable bonds is 2. The van der Waals surface area contributed by atoms with Gasteiger partial charge in [-0.3, -0.25) is 4.68 Å². The van der Waals surface area contributed by atoms with Crippen LogP contribution in [0.2, 0.25) is 0 Å². The molecule has 19 heavy (non-hydrogen) atoms. The summed E-state index contributed by atoms with van der Waals surface area (Å²) >= 11 is 0. The lowest BCUT2D eigenvalue weighted by Crippen LogP contribution is -2.18. The summed E-state index contributed by atoms with van der Waals surface area (Å²) in [4.78, 5) is 0. The standard InChI is InChI=1S/C11H8F5N3/c1-19-3-4(2-18-19)11(17)5-6(12)8(14)10(16)9(15)7(5)13/h2-3,11H,17H2,1H3. The van der Waals surface area contributed by atoms with Crippen molar-refractivity contribution >= 4 is 0 Å². The van der Waals surface area contributed by atoms with Crippen molar-refractivity contribution in [2.75, 3.05) is 0 Å². The molecule has 0 bridgehead atoms. The lowest BCUT2D eigenvalue weighted by Gasteiger charge is -2.13. The van der Waals surface area contributed by atoms with Crippen LogP contribution in [0.5, 0.6) is 0 Å². The Kier molecular flexibility index (Phi) is 3.27. The maximum Gasteiger partial charge on any atom is 0.200 e. The molecule has 0 aliphatic heterocycles. The minimum absolute atomic E-state index is 0.130. The van der Waals surface area contributed by atoms with Gasteiger partial charge in [0.15, 0.2) is 23.3 Å².